The number of likely N-dealkylation sites (N-methyl/N-ethyl adjacent to an activating group) is 1. The molecule has 1 aliphatic heterocycles. The Kier molecular flexibility index (Phi) is 8.73. The smallest absolute Gasteiger partial charge is 0.243 e. The second kappa shape index (κ2) is 9.87. The number of carbonyl (C=O) groups is 1. The summed E-state index contributed by atoms with van der Waals surface area (Å²) in [7, 11) is -1.67. The van der Waals surface area contributed by atoms with Gasteiger partial charge in [-0.3, -0.25) is 4.79 Å². The van der Waals surface area contributed by atoms with E-state index in [-0.39, 0.29) is 30.3 Å². The van der Waals surface area contributed by atoms with Gasteiger partial charge in [0.25, 0.3) is 0 Å². The number of nitrogens with zero attached hydrogens (tertiary/aromatic N) is 1. The van der Waals surface area contributed by atoms with Crippen LogP contribution in [0.2, 0.25) is 0 Å². The molecule has 1 unspecified atom stereocenters. The number of carbonyl (C=O) groups excluding carboxylic acids is 1. The van der Waals surface area contributed by atoms with Crippen LogP contribution < -0.4 is 10.6 Å². The molecule has 1 aliphatic rings. The zero-order valence-electron chi connectivity index (χ0n) is 16.8. The Hall–Kier alpha value is -1.15. The number of rotatable bonds is 6. The molecule has 1 heterocycles. The van der Waals surface area contributed by atoms with Gasteiger partial charge in [-0.1, -0.05) is 17.7 Å². The third-order valence-electron chi connectivity index (χ3n) is 5.10. The number of benzene rings is 1. The Morgan fingerprint density at radius 3 is 2.19 bits per heavy atom. The molecule has 0 radical (unpaired) electrons. The van der Waals surface area contributed by atoms with E-state index in [2.05, 4.69) is 10.6 Å². The highest BCUT2D eigenvalue weighted by atomic mass is 35.5. The summed E-state index contributed by atoms with van der Waals surface area (Å²) in [5, 5.41) is 6.02. The molecule has 1 saturated heterocycles. The van der Waals surface area contributed by atoms with E-state index in [1.807, 2.05) is 46.9 Å². The molecule has 154 valence electrons. The van der Waals surface area contributed by atoms with Gasteiger partial charge in [-0.2, -0.15) is 4.31 Å². The van der Waals surface area contributed by atoms with Gasteiger partial charge in [-0.25, -0.2) is 8.42 Å². The molecule has 8 heteroatoms. The van der Waals surface area contributed by atoms with E-state index in [1.54, 1.807) is 0 Å². The van der Waals surface area contributed by atoms with Gasteiger partial charge in [0.15, 0.2) is 0 Å². The minimum Gasteiger partial charge on any atom is -0.354 e. The van der Waals surface area contributed by atoms with Gasteiger partial charge in [0, 0.05) is 31.6 Å². The van der Waals surface area contributed by atoms with E-state index in [9.17, 15) is 13.2 Å². The molecule has 1 fully saturated rings. The Labute approximate surface area is 169 Å². The number of amides is 1. The van der Waals surface area contributed by atoms with Crippen molar-refractivity contribution in [1.82, 2.24) is 14.9 Å². The van der Waals surface area contributed by atoms with Crippen molar-refractivity contribution in [2.45, 2.75) is 51.5 Å². The number of sulfonamides is 1. The zero-order valence-corrected chi connectivity index (χ0v) is 18.5. The first-order valence-electron chi connectivity index (χ1n) is 9.19. The summed E-state index contributed by atoms with van der Waals surface area (Å²) < 4.78 is 27.7. The van der Waals surface area contributed by atoms with Crippen LogP contribution in [0.5, 0.6) is 0 Å². The predicted octanol–water partition coefficient (Wildman–Crippen LogP) is 2.16. The standard InChI is InChI=1S/C19H31N3O3S.ClH/c1-13-10-14(2)18(15(3)11-13)26(24,25)22-8-6-17(7-9-22)19(23)21-12-16(4)20-5;/h10-11,16-17,20H,6-9,12H2,1-5H3,(H,21,23);1H. The summed E-state index contributed by atoms with van der Waals surface area (Å²) in [6, 6.07) is 4.03. The Morgan fingerprint density at radius 2 is 1.70 bits per heavy atom. The molecule has 27 heavy (non-hydrogen) atoms. The second-order valence-corrected chi connectivity index (χ2v) is 9.22. The molecule has 1 aromatic rings. The Bertz CT molecular complexity index is 736. The fourth-order valence-corrected chi connectivity index (χ4v) is 5.44. The normalized spacial score (nSPS) is 17.2. The van der Waals surface area contributed by atoms with Crippen molar-refractivity contribution in [3.63, 3.8) is 0 Å². The minimum absolute atomic E-state index is 0. The van der Waals surface area contributed by atoms with Crippen LogP contribution in [-0.2, 0) is 14.8 Å². The maximum absolute atomic E-state index is 13.1. The van der Waals surface area contributed by atoms with Crippen LogP contribution in [0.1, 0.15) is 36.5 Å². The number of hydrogen-bond donors (Lipinski definition) is 2. The fraction of sp³-hybridized carbons (Fsp3) is 0.632. The molecule has 2 rings (SSSR count). The molecule has 0 spiro atoms. The van der Waals surface area contributed by atoms with E-state index >= 15 is 0 Å². The van der Waals surface area contributed by atoms with Crippen molar-refractivity contribution in [2.24, 2.45) is 5.92 Å². The summed E-state index contributed by atoms with van der Waals surface area (Å²) in [4.78, 5) is 12.7. The summed E-state index contributed by atoms with van der Waals surface area (Å²) in [5.41, 5.74) is 2.62. The molecule has 0 saturated carbocycles. The highest BCUT2D eigenvalue weighted by molar-refractivity contribution is 7.89. The molecule has 0 aliphatic carbocycles. The highest BCUT2D eigenvalue weighted by Crippen LogP contribution is 2.28. The van der Waals surface area contributed by atoms with Crippen molar-refractivity contribution in [1.29, 1.82) is 0 Å². The second-order valence-electron chi connectivity index (χ2n) is 7.34. The number of nitrogens with one attached hydrogen (secondary N) is 2. The summed E-state index contributed by atoms with van der Waals surface area (Å²) in [6.45, 7) is 9.00. The van der Waals surface area contributed by atoms with Gasteiger partial charge >= 0.3 is 0 Å². The van der Waals surface area contributed by atoms with E-state index in [0.29, 0.717) is 37.4 Å². The van der Waals surface area contributed by atoms with Crippen LogP contribution in [0.25, 0.3) is 0 Å². The highest BCUT2D eigenvalue weighted by Gasteiger charge is 2.33. The number of piperidine rings is 1. The zero-order chi connectivity index (χ0) is 19.5. The predicted molar refractivity (Wildman–Crippen MR) is 111 cm³/mol. The van der Waals surface area contributed by atoms with E-state index in [0.717, 1.165) is 16.7 Å². The van der Waals surface area contributed by atoms with Gasteiger partial charge in [-0.05, 0) is 58.7 Å². The first-order chi connectivity index (χ1) is 12.2. The third-order valence-corrected chi connectivity index (χ3v) is 7.31. The van der Waals surface area contributed by atoms with Crippen LogP contribution in [-0.4, -0.2) is 51.4 Å². The summed E-state index contributed by atoms with van der Waals surface area (Å²) in [5.74, 6) is -0.0995. The molecular formula is C19H32ClN3O3S. The van der Waals surface area contributed by atoms with Crippen molar-refractivity contribution in [2.75, 3.05) is 26.7 Å². The van der Waals surface area contributed by atoms with Crippen molar-refractivity contribution in [3.05, 3.63) is 28.8 Å². The Balaban J connectivity index is 0.00000364. The molecule has 1 amide bonds. The SMILES string of the molecule is CNC(C)CNC(=O)C1CCN(S(=O)(=O)c2c(C)cc(C)cc2C)CC1.Cl. The summed E-state index contributed by atoms with van der Waals surface area (Å²) in [6.07, 6.45) is 1.12. The van der Waals surface area contributed by atoms with E-state index < -0.39 is 10.0 Å². The number of hydrogen-bond acceptors (Lipinski definition) is 4. The van der Waals surface area contributed by atoms with E-state index in [1.165, 1.54) is 4.31 Å². The maximum Gasteiger partial charge on any atom is 0.243 e. The average Bonchev–Trinajstić information content (AvgIpc) is 2.58. The van der Waals surface area contributed by atoms with Crippen LogP contribution in [0.3, 0.4) is 0 Å². The topological polar surface area (TPSA) is 78.5 Å². The lowest BCUT2D eigenvalue weighted by molar-refractivity contribution is -0.126. The molecule has 2 N–H and O–H groups in total. The average molecular weight is 418 g/mol. The van der Waals surface area contributed by atoms with Gasteiger partial charge in [0.2, 0.25) is 15.9 Å². The van der Waals surface area contributed by atoms with Crippen LogP contribution >= 0.6 is 12.4 Å². The number of aryl methyl sites for hydroxylation is 3. The van der Waals surface area contributed by atoms with Crippen molar-refractivity contribution >= 4 is 28.3 Å². The molecule has 0 aromatic heterocycles. The molecule has 1 aromatic carbocycles. The molecule has 6 nitrogen and oxygen atoms in total. The van der Waals surface area contributed by atoms with Crippen LogP contribution in [0, 0.1) is 26.7 Å². The van der Waals surface area contributed by atoms with Gasteiger partial charge < -0.3 is 10.6 Å². The monoisotopic (exact) mass is 417 g/mol. The van der Waals surface area contributed by atoms with Crippen LogP contribution in [0.4, 0.5) is 0 Å². The van der Waals surface area contributed by atoms with E-state index in [4.69, 9.17) is 0 Å². The van der Waals surface area contributed by atoms with Crippen molar-refractivity contribution in [3.8, 4) is 0 Å². The maximum atomic E-state index is 13.1. The quantitative estimate of drug-likeness (QED) is 0.743. The largest absolute Gasteiger partial charge is 0.354 e. The fourth-order valence-electron chi connectivity index (χ4n) is 3.56. The first kappa shape index (κ1) is 23.9. The van der Waals surface area contributed by atoms with Gasteiger partial charge in [-0.15, -0.1) is 12.4 Å². The molecular weight excluding hydrogens is 386 g/mol. The molecule has 1 atom stereocenters. The summed E-state index contributed by atoms with van der Waals surface area (Å²) >= 11 is 0. The van der Waals surface area contributed by atoms with Crippen LogP contribution in [0.15, 0.2) is 17.0 Å². The Morgan fingerprint density at radius 1 is 1.19 bits per heavy atom. The minimum atomic E-state index is -3.53. The molecule has 0 bridgehead atoms. The van der Waals surface area contributed by atoms with Crippen molar-refractivity contribution < 1.29 is 13.2 Å². The third kappa shape index (κ3) is 5.67. The number of halogens is 1. The lowest BCUT2D eigenvalue weighted by Crippen LogP contribution is -2.45. The first-order valence-corrected chi connectivity index (χ1v) is 10.6. The lowest BCUT2D eigenvalue weighted by Gasteiger charge is -2.31. The van der Waals surface area contributed by atoms with Gasteiger partial charge in [0.05, 0.1) is 4.90 Å². The lowest BCUT2D eigenvalue weighted by atomic mass is 9.97. The van der Waals surface area contributed by atoms with Gasteiger partial charge in [0.1, 0.15) is 0 Å².